The lowest BCUT2D eigenvalue weighted by molar-refractivity contribution is 0.215. The van der Waals surface area contributed by atoms with E-state index in [1.807, 2.05) is 0 Å². The van der Waals surface area contributed by atoms with Crippen LogP contribution in [0.5, 0.6) is 0 Å². The van der Waals surface area contributed by atoms with Crippen LogP contribution < -0.4 is 0 Å². The van der Waals surface area contributed by atoms with Crippen molar-refractivity contribution in [2.24, 2.45) is 5.16 Å². The third-order valence-electron chi connectivity index (χ3n) is 1.08. The summed E-state index contributed by atoms with van der Waals surface area (Å²) in [6.45, 7) is 0. The maximum atomic E-state index is 5.70. The molecule has 1 rings (SSSR count). The molecule has 3 heteroatoms. The molecule has 0 atom stereocenters. The molecule has 0 N–H and O–H groups in total. The van der Waals surface area contributed by atoms with Gasteiger partial charge in [-0.05, 0) is 18.2 Å². The molecule has 1 aromatic carbocycles. The highest BCUT2D eigenvalue weighted by molar-refractivity contribution is 6.30. The quantitative estimate of drug-likeness (QED) is 0.490. The summed E-state index contributed by atoms with van der Waals surface area (Å²) in [7, 11) is 1.49. The monoisotopic (exact) mass is 168 g/mol. The first-order valence-electron chi connectivity index (χ1n) is 3.06. The summed E-state index contributed by atoms with van der Waals surface area (Å²) in [5, 5.41) is 4.24. The molecule has 0 saturated heterocycles. The highest BCUT2D eigenvalue weighted by Crippen LogP contribution is 2.07. The van der Waals surface area contributed by atoms with Crippen molar-refractivity contribution in [2.45, 2.75) is 0 Å². The van der Waals surface area contributed by atoms with Gasteiger partial charge in [0, 0.05) is 10.6 Å². The van der Waals surface area contributed by atoms with E-state index in [4.69, 9.17) is 11.6 Å². The van der Waals surface area contributed by atoms with E-state index in [9.17, 15) is 0 Å². The molecule has 0 saturated carbocycles. The lowest BCUT2D eigenvalue weighted by Gasteiger charge is -1.91. The van der Waals surface area contributed by atoms with Gasteiger partial charge in [0.25, 0.3) is 0 Å². The third kappa shape index (κ3) is 2.60. The summed E-state index contributed by atoms with van der Waals surface area (Å²) >= 11 is 5.70. The van der Waals surface area contributed by atoms with Gasteiger partial charge in [-0.15, -0.1) is 0 Å². The molecule has 0 fully saturated rings. The van der Waals surface area contributed by atoms with Gasteiger partial charge in [0.2, 0.25) is 0 Å². The van der Waals surface area contributed by atoms with Gasteiger partial charge < -0.3 is 4.84 Å². The molecule has 11 heavy (non-hydrogen) atoms. The summed E-state index contributed by atoms with van der Waals surface area (Å²) in [5.74, 6) is 0. The summed E-state index contributed by atoms with van der Waals surface area (Å²) in [6, 6.07) is 8.18. The van der Waals surface area contributed by atoms with Crippen LogP contribution in [0, 0.1) is 6.07 Å². The SMILES string of the molecule is CO/N=C/c1[c]ccc(Cl)c1. The molecular formula is C8H7ClNO. The predicted octanol–water partition coefficient (Wildman–Crippen LogP) is 2.12. The van der Waals surface area contributed by atoms with E-state index in [1.165, 1.54) is 7.11 Å². The minimum Gasteiger partial charge on any atom is -0.399 e. The number of rotatable bonds is 2. The maximum Gasteiger partial charge on any atom is 0.106 e. The molecule has 0 amide bonds. The van der Waals surface area contributed by atoms with Crippen LogP contribution in [0.4, 0.5) is 0 Å². The van der Waals surface area contributed by atoms with E-state index in [1.54, 1.807) is 24.4 Å². The summed E-state index contributed by atoms with van der Waals surface area (Å²) < 4.78 is 0. The Morgan fingerprint density at radius 1 is 1.73 bits per heavy atom. The average Bonchev–Trinajstić information content (AvgIpc) is 2.01. The topological polar surface area (TPSA) is 21.6 Å². The van der Waals surface area contributed by atoms with Gasteiger partial charge in [0.05, 0.1) is 6.21 Å². The highest BCUT2D eigenvalue weighted by Gasteiger charge is 1.88. The predicted molar refractivity (Wildman–Crippen MR) is 44.9 cm³/mol. The van der Waals surface area contributed by atoms with Crippen molar-refractivity contribution in [3.8, 4) is 0 Å². The fourth-order valence-electron chi connectivity index (χ4n) is 0.640. The molecule has 2 nitrogen and oxygen atoms in total. The van der Waals surface area contributed by atoms with Gasteiger partial charge in [-0.1, -0.05) is 22.8 Å². The van der Waals surface area contributed by atoms with Gasteiger partial charge >= 0.3 is 0 Å². The molecule has 0 heterocycles. The maximum absolute atomic E-state index is 5.70. The zero-order valence-electron chi connectivity index (χ0n) is 6.04. The molecule has 0 aliphatic heterocycles. The van der Waals surface area contributed by atoms with Crippen LogP contribution >= 0.6 is 11.6 Å². The Morgan fingerprint density at radius 3 is 3.18 bits per heavy atom. The molecule has 1 aromatic rings. The van der Waals surface area contributed by atoms with Crippen molar-refractivity contribution in [1.29, 1.82) is 0 Å². The van der Waals surface area contributed by atoms with Gasteiger partial charge in [-0.2, -0.15) is 0 Å². The lowest BCUT2D eigenvalue weighted by Crippen LogP contribution is -1.80. The van der Waals surface area contributed by atoms with Crippen LogP contribution in [0.3, 0.4) is 0 Å². The Hall–Kier alpha value is -1.02. The minimum absolute atomic E-state index is 0.668. The van der Waals surface area contributed by atoms with E-state index in [-0.39, 0.29) is 0 Å². The van der Waals surface area contributed by atoms with E-state index in [0.717, 1.165) is 5.56 Å². The van der Waals surface area contributed by atoms with Gasteiger partial charge in [0.1, 0.15) is 7.11 Å². The molecule has 0 aliphatic rings. The summed E-state index contributed by atoms with van der Waals surface area (Å²) in [4.78, 5) is 4.49. The van der Waals surface area contributed by atoms with Gasteiger partial charge in [-0.3, -0.25) is 0 Å². The van der Waals surface area contributed by atoms with Crippen molar-refractivity contribution < 1.29 is 4.84 Å². The van der Waals surface area contributed by atoms with Gasteiger partial charge in [-0.25, -0.2) is 0 Å². The lowest BCUT2D eigenvalue weighted by atomic mass is 10.2. The van der Waals surface area contributed by atoms with Crippen molar-refractivity contribution >= 4 is 17.8 Å². The number of hydrogen-bond donors (Lipinski definition) is 0. The number of benzene rings is 1. The van der Waals surface area contributed by atoms with Crippen LogP contribution in [0.25, 0.3) is 0 Å². The number of nitrogens with zero attached hydrogens (tertiary/aromatic N) is 1. The molecule has 0 aliphatic carbocycles. The molecular weight excluding hydrogens is 162 g/mol. The second-order valence-electron chi connectivity index (χ2n) is 1.88. The Bertz CT molecular complexity index is 260. The number of hydrogen-bond acceptors (Lipinski definition) is 2. The first-order valence-corrected chi connectivity index (χ1v) is 3.44. The zero-order valence-corrected chi connectivity index (χ0v) is 6.80. The van der Waals surface area contributed by atoms with Crippen LogP contribution in [-0.2, 0) is 4.84 Å². The molecule has 0 unspecified atom stereocenters. The van der Waals surface area contributed by atoms with E-state index < -0.39 is 0 Å². The van der Waals surface area contributed by atoms with Crippen LogP contribution in [0.15, 0.2) is 23.4 Å². The summed E-state index contributed by atoms with van der Waals surface area (Å²) in [5.41, 5.74) is 0.805. The smallest absolute Gasteiger partial charge is 0.106 e. The Kier molecular flexibility index (Phi) is 2.93. The zero-order chi connectivity index (χ0) is 8.10. The van der Waals surface area contributed by atoms with Crippen molar-refractivity contribution in [2.75, 3.05) is 7.11 Å². The van der Waals surface area contributed by atoms with Crippen molar-refractivity contribution in [3.63, 3.8) is 0 Å². The standard InChI is InChI=1S/C8H7ClNO/c1-11-10-6-7-3-2-4-8(9)5-7/h2,4-6H,1H3/b10-6+. The second-order valence-corrected chi connectivity index (χ2v) is 2.32. The van der Waals surface area contributed by atoms with Crippen molar-refractivity contribution in [1.82, 2.24) is 0 Å². The fourth-order valence-corrected chi connectivity index (χ4v) is 0.820. The fraction of sp³-hybridized carbons (Fsp3) is 0.125. The minimum atomic E-state index is 0.668. The Balaban J connectivity index is 2.79. The average molecular weight is 169 g/mol. The van der Waals surface area contributed by atoms with Crippen LogP contribution in [-0.4, -0.2) is 13.3 Å². The van der Waals surface area contributed by atoms with E-state index in [0.29, 0.717) is 5.02 Å². The first-order chi connectivity index (χ1) is 5.33. The molecule has 0 spiro atoms. The Labute approximate surface area is 70.4 Å². The molecule has 0 bridgehead atoms. The van der Waals surface area contributed by atoms with E-state index >= 15 is 0 Å². The molecule has 1 radical (unpaired) electrons. The highest BCUT2D eigenvalue weighted by atomic mass is 35.5. The number of halogens is 1. The molecule has 0 aromatic heterocycles. The van der Waals surface area contributed by atoms with E-state index in [2.05, 4.69) is 16.1 Å². The van der Waals surface area contributed by atoms with Crippen molar-refractivity contribution in [3.05, 3.63) is 34.9 Å². The summed E-state index contributed by atoms with van der Waals surface area (Å²) in [6.07, 6.45) is 1.55. The first kappa shape index (κ1) is 8.08. The normalized spacial score (nSPS) is 10.4. The second kappa shape index (κ2) is 3.98. The number of oxime groups is 1. The van der Waals surface area contributed by atoms with Crippen LogP contribution in [0.1, 0.15) is 5.56 Å². The third-order valence-corrected chi connectivity index (χ3v) is 1.32. The van der Waals surface area contributed by atoms with Gasteiger partial charge in [0.15, 0.2) is 0 Å². The Morgan fingerprint density at radius 2 is 2.55 bits per heavy atom. The van der Waals surface area contributed by atoms with Crippen LogP contribution in [0.2, 0.25) is 5.02 Å². The molecule has 57 valence electrons. The largest absolute Gasteiger partial charge is 0.399 e.